The van der Waals surface area contributed by atoms with E-state index in [0.29, 0.717) is 49.7 Å². The number of anilines is 1. The van der Waals surface area contributed by atoms with Gasteiger partial charge in [-0.2, -0.15) is 5.26 Å². The highest BCUT2D eigenvalue weighted by Crippen LogP contribution is 2.49. The van der Waals surface area contributed by atoms with Crippen LogP contribution in [0.2, 0.25) is 5.02 Å². The van der Waals surface area contributed by atoms with Crippen molar-refractivity contribution in [1.82, 2.24) is 4.72 Å². The predicted octanol–water partition coefficient (Wildman–Crippen LogP) is 5.75. The minimum atomic E-state index is -3.95. The first kappa shape index (κ1) is 31.2. The quantitative estimate of drug-likeness (QED) is 0.408. The summed E-state index contributed by atoms with van der Waals surface area (Å²) in [5.41, 5.74) is 2.01. The number of carbonyl (C=O) groups excluding carboxylic acids is 1. The highest BCUT2D eigenvalue weighted by molar-refractivity contribution is 7.90. The van der Waals surface area contributed by atoms with E-state index in [1.165, 1.54) is 11.1 Å². The van der Waals surface area contributed by atoms with Crippen LogP contribution >= 0.6 is 11.6 Å². The molecule has 2 aliphatic carbocycles. The van der Waals surface area contributed by atoms with E-state index >= 15 is 0 Å². The van der Waals surface area contributed by atoms with Crippen LogP contribution in [0.5, 0.6) is 5.75 Å². The Hall–Kier alpha value is -2.80. The Morgan fingerprint density at radius 3 is 2.70 bits per heavy atom. The lowest BCUT2D eigenvalue weighted by Gasteiger charge is -2.49. The number of fused-ring (bicyclic) bond motifs is 4. The molecule has 0 unspecified atom stereocenters. The number of halogens is 1. The second kappa shape index (κ2) is 11.9. The first-order valence-corrected chi connectivity index (χ1v) is 17.8. The summed E-state index contributed by atoms with van der Waals surface area (Å²) in [4.78, 5) is 15.7. The molecule has 0 radical (unpaired) electrons. The number of hydrogen-bond donors (Lipinski definition) is 2. The van der Waals surface area contributed by atoms with Gasteiger partial charge < -0.3 is 14.7 Å². The third-order valence-electron chi connectivity index (χ3n) is 11.0. The maximum atomic E-state index is 13.4. The van der Waals surface area contributed by atoms with Gasteiger partial charge in [-0.05, 0) is 111 Å². The van der Waals surface area contributed by atoms with Crippen molar-refractivity contribution in [1.29, 1.82) is 5.26 Å². The van der Waals surface area contributed by atoms with E-state index < -0.39 is 26.8 Å². The van der Waals surface area contributed by atoms with Gasteiger partial charge in [-0.15, -0.1) is 0 Å². The molecular weight excluding hydrogens is 598 g/mol. The lowest BCUT2D eigenvalue weighted by atomic mass is 9.62. The second-order valence-electron chi connectivity index (χ2n) is 13.7. The number of amides is 1. The smallest absolute Gasteiger partial charge is 0.264 e. The van der Waals surface area contributed by atoms with Crippen LogP contribution in [-0.4, -0.2) is 50.0 Å². The van der Waals surface area contributed by atoms with Crippen LogP contribution < -0.4 is 14.4 Å². The Labute approximate surface area is 265 Å². The second-order valence-corrected chi connectivity index (χ2v) is 16.2. The fourth-order valence-electron chi connectivity index (χ4n) is 8.13. The molecule has 8 nitrogen and oxygen atoms in total. The van der Waals surface area contributed by atoms with Gasteiger partial charge in [0.15, 0.2) is 0 Å². The third kappa shape index (κ3) is 5.70. The molecule has 2 aliphatic heterocycles. The molecule has 236 valence electrons. The average Bonchev–Trinajstić information content (AvgIpc) is 3.11. The summed E-state index contributed by atoms with van der Waals surface area (Å²) in [7, 11) is -3.95. The zero-order chi connectivity index (χ0) is 31.3. The summed E-state index contributed by atoms with van der Waals surface area (Å²) in [5, 5.41) is 21.6. The number of aryl methyl sites for hydroxylation is 1. The number of hydrogen-bond acceptors (Lipinski definition) is 7. The maximum absolute atomic E-state index is 13.4. The van der Waals surface area contributed by atoms with E-state index in [-0.39, 0.29) is 35.2 Å². The number of nitrogens with zero attached hydrogens (tertiary/aromatic N) is 2. The molecule has 1 spiro atoms. The molecule has 2 aromatic rings. The number of rotatable bonds is 1. The van der Waals surface area contributed by atoms with Crippen molar-refractivity contribution >= 4 is 33.2 Å². The topological polar surface area (TPSA) is 120 Å². The molecule has 0 saturated heterocycles. The summed E-state index contributed by atoms with van der Waals surface area (Å²) in [6.07, 6.45) is 6.31. The Bertz CT molecular complexity index is 1590. The first-order chi connectivity index (χ1) is 20.9. The van der Waals surface area contributed by atoms with Gasteiger partial charge >= 0.3 is 0 Å². The normalized spacial score (nSPS) is 33.4. The van der Waals surface area contributed by atoms with Crippen LogP contribution in [0.1, 0.15) is 86.7 Å². The van der Waals surface area contributed by atoms with Gasteiger partial charge in [0.2, 0.25) is 10.0 Å². The van der Waals surface area contributed by atoms with Gasteiger partial charge in [0.1, 0.15) is 5.75 Å². The van der Waals surface area contributed by atoms with Crippen LogP contribution in [0.4, 0.5) is 5.69 Å². The minimum Gasteiger partial charge on any atom is -0.490 e. The zero-order valence-electron chi connectivity index (χ0n) is 25.5. The van der Waals surface area contributed by atoms with Gasteiger partial charge in [-0.3, -0.25) is 4.79 Å². The van der Waals surface area contributed by atoms with Crippen molar-refractivity contribution in [3.8, 4) is 11.8 Å². The summed E-state index contributed by atoms with van der Waals surface area (Å²) >= 11 is 6.40. The molecule has 44 heavy (non-hydrogen) atoms. The Balaban J connectivity index is 1.44. The van der Waals surface area contributed by atoms with Gasteiger partial charge in [0.05, 0.1) is 35.6 Å². The van der Waals surface area contributed by atoms with E-state index in [2.05, 4.69) is 27.8 Å². The number of carbonyl (C=O) groups is 1. The van der Waals surface area contributed by atoms with Crippen LogP contribution in [0.25, 0.3) is 0 Å². The molecule has 6 rings (SSSR count). The summed E-state index contributed by atoms with van der Waals surface area (Å²) in [6, 6.07) is 13.5. The largest absolute Gasteiger partial charge is 0.490 e. The van der Waals surface area contributed by atoms with Crippen molar-refractivity contribution < 1.29 is 23.1 Å². The van der Waals surface area contributed by atoms with E-state index in [4.69, 9.17) is 16.3 Å². The summed E-state index contributed by atoms with van der Waals surface area (Å²) in [6.45, 7) is 5.22. The standard InChI is InChI=1S/C34H42ClN3O5S/c1-22-5-3-14-34(40,15-16-36)29-10-7-26(29)19-38-20-33(13-4-6-24-17-27(35)9-11-28(24)33)21-43-31-12-8-25(18-30(31)38)32(39)37-44(41,42)23(22)2/h8-9,11-12,17-18,22-23,26,29,40H,3-7,10,13-15,19-21H2,1-2H3,(H,37,39)/t22-,23+,26-,29+,33-,34-/m0/s1. The first-order valence-electron chi connectivity index (χ1n) is 15.9. The lowest BCUT2D eigenvalue weighted by molar-refractivity contribution is -0.0851. The number of benzene rings is 2. The summed E-state index contributed by atoms with van der Waals surface area (Å²) < 4.78 is 35.4. The van der Waals surface area contributed by atoms with Crippen molar-refractivity contribution in [2.24, 2.45) is 17.8 Å². The molecule has 0 aromatic heterocycles. The molecule has 2 heterocycles. The van der Waals surface area contributed by atoms with Crippen LogP contribution in [0.3, 0.4) is 0 Å². The molecule has 2 aromatic carbocycles. The van der Waals surface area contributed by atoms with E-state index in [9.17, 15) is 23.6 Å². The highest BCUT2D eigenvalue weighted by Gasteiger charge is 2.49. The molecule has 1 amide bonds. The van der Waals surface area contributed by atoms with Crippen molar-refractivity contribution in [3.05, 3.63) is 58.1 Å². The van der Waals surface area contributed by atoms with Crippen molar-refractivity contribution in [2.45, 2.75) is 87.9 Å². The molecule has 4 aliphatic rings. The van der Waals surface area contributed by atoms with Gasteiger partial charge in [0, 0.05) is 29.1 Å². The number of ether oxygens (including phenoxy) is 1. The number of aliphatic hydroxyl groups is 1. The van der Waals surface area contributed by atoms with Gasteiger partial charge in [0.25, 0.3) is 5.91 Å². The minimum absolute atomic E-state index is 0.0426. The number of sulfonamides is 1. The Morgan fingerprint density at radius 2 is 1.95 bits per heavy atom. The molecule has 1 saturated carbocycles. The van der Waals surface area contributed by atoms with Crippen molar-refractivity contribution in [3.63, 3.8) is 0 Å². The molecule has 2 bridgehead atoms. The summed E-state index contributed by atoms with van der Waals surface area (Å²) in [5.74, 6) is -0.128. The van der Waals surface area contributed by atoms with Gasteiger partial charge in [-0.25, -0.2) is 13.1 Å². The Kier molecular flexibility index (Phi) is 8.40. The lowest BCUT2D eigenvalue weighted by Crippen LogP contribution is -2.53. The zero-order valence-corrected chi connectivity index (χ0v) is 27.1. The Morgan fingerprint density at radius 1 is 1.14 bits per heavy atom. The van der Waals surface area contributed by atoms with Crippen molar-refractivity contribution in [2.75, 3.05) is 24.6 Å². The monoisotopic (exact) mass is 639 g/mol. The molecule has 10 heteroatoms. The fourth-order valence-corrected chi connectivity index (χ4v) is 9.63. The van der Waals surface area contributed by atoms with Crippen LogP contribution in [0, 0.1) is 29.1 Å². The SMILES string of the molecule is C[C@@H]1[C@@H](C)CCC[C@](O)(CC#N)[C@@H]2CC[C@H]2CN2C[C@@]3(CCCc4cc(Cl)ccc43)COc3ccc(cc32)C(=O)NS1(=O)=O. The molecular formula is C34H42ClN3O5S. The van der Waals surface area contributed by atoms with E-state index in [1.807, 2.05) is 13.0 Å². The number of nitrogens with one attached hydrogen (secondary N) is 1. The van der Waals surface area contributed by atoms with Crippen LogP contribution in [0.15, 0.2) is 36.4 Å². The molecule has 2 N–H and O–H groups in total. The fraction of sp³-hybridized carbons (Fsp3) is 0.588. The molecule has 1 fully saturated rings. The van der Waals surface area contributed by atoms with Gasteiger partial charge in [-0.1, -0.05) is 31.0 Å². The average molecular weight is 640 g/mol. The maximum Gasteiger partial charge on any atom is 0.264 e. The van der Waals surface area contributed by atoms with E-state index in [1.54, 1.807) is 25.1 Å². The number of nitriles is 1. The third-order valence-corrected chi connectivity index (χ3v) is 13.2. The predicted molar refractivity (Wildman–Crippen MR) is 170 cm³/mol. The molecule has 6 atom stereocenters. The van der Waals surface area contributed by atoms with E-state index in [0.717, 1.165) is 37.8 Å². The highest BCUT2D eigenvalue weighted by atomic mass is 35.5. The van der Waals surface area contributed by atoms with Crippen LogP contribution in [-0.2, 0) is 21.9 Å².